The summed E-state index contributed by atoms with van der Waals surface area (Å²) in [6.07, 6.45) is 1.03. The van der Waals surface area contributed by atoms with Gasteiger partial charge in [-0.05, 0) is 7.05 Å². The van der Waals surface area contributed by atoms with Crippen LogP contribution in [0.5, 0.6) is 0 Å². The topological polar surface area (TPSA) is 60.0 Å². The summed E-state index contributed by atoms with van der Waals surface area (Å²) < 4.78 is 15.5. The molecule has 0 saturated carbocycles. The molecule has 0 saturated heterocycles. The van der Waals surface area contributed by atoms with Crippen molar-refractivity contribution in [3.05, 3.63) is 0 Å². The van der Waals surface area contributed by atoms with E-state index in [4.69, 9.17) is 18.4 Å². The Balaban J connectivity index is 0. The van der Waals surface area contributed by atoms with Gasteiger partial charge in [0.1, 0.15) is 0 Å². The number of aliphatic hydroxyl groups excluding tert-OH is 1. The van der Waals surface area contributed by atoms with Crippen LogP contribution in [0, 0.1) is 0 Å². The van der Waals surface area contributed by atoms with Gasteiger partial charge in [0.05, 0.1) is 6.73 Å². The molecule has 6 heteroatoms. The van der Waals surface area contributed by atoms with Gasteiger partial charge in [-0.1, -0.05) is 13.3 Å². The Morgan fingerprint density at radius 1 is 1.14 bits per heavy atom. The van der Waals surface area contributed by atoms with Crippen LogP contribution in [0.4, 0.5) is 0 Å². The zero-order chi connectivity index (χ0) is 11.4. The van der Waals surface area contributed by atoms with Crippen LogP contribution in [-0.4, -0.2) is 49.0 Å². The predicted molar refractivity (Wildman–Crippen MR) is 58.0 cm³/mol. The zero-order valence-electron chi connectivity index (χ0n) is 9.79. The first kappa shape index (κ1) is 16.4. The quantitative estimate of drug-likeness (QED) is 0.507. The zero-order valence-corrected chi connectivity index (χ0v) is 10.8. The first-order valence-electron chi connectivity index (χ1n) is 4.57. The molecule has 0 aliphatic heterocycles. The molecule has 14 heavy (non-hydrogen) atoms. The van der Waals surface area contributed by atoms with Crippen molar-refractivity contribution in [2.75, 3.05) is 35.1 Å². The molecule has 0 fully saturated rings. The summed E-state index contributed by atoms with van der Waals surface area (Å²) in [6, 6.07) is 0.885. The average molecular weight is 225 g/mol. The Morgan fingerprint density at radius 2 is 1.50 bits per heavy atom. The molecule has 0 radical (unpaired) electrons. The summed E-state index contributed by atoms with van der Waals surface area (Å²) in [5.41, 5.74) is 0. The molecular formula is C8H23NO4Si. The van der Waals surface area contributed by atoms with Crippen molar-refractivity contribution in [3.8, 4) is 0 Å². The highest BCUT2D eigenvalue weighted by atomic mass is 28.4. The fraction of sp³-hybridized carbons (Fsp3) is 1.00. The first-order chi connectivity index (χ1) is 6.66. The van der Waals surface area contributed by atoms with Crippen molar-refractivity contribution in [3.63, 3.8) is 0 Å². The van der Waals surface area contributed by atoms with E-state index in [1.54, 1.807) is 28.4 Å². The molecule has 0 unspecified atom stereocenters. The van der Waals surface area contributed by atoms with E-state index in [0.717, 1.165) is 12.5 Å². The summed E-state index contributed by atoms with van der Waals surface area (Å²) in [4.78, 5) is 0. The minimum Gasteiger partial charge on any atom is -0.381 e. The Hall–Kier alpha value is 0.0169. The first-order valence-corrected chi connectivity index (χ1v) is 6.50. The molecule has 0 rings (SSSR count). The van der Waals surface area contributed by atoms with E-state index in [1.165, 1.54) is 0 Å². The number of rotatable bonds is 6. The molecule has 0 spiro atoms. The largest absolute Gasteiger partial charge is 0.500 e. The molecule has 88 valence electrons. The van der Waals surface area contributed by atoms with Gasteiger partial charge in [0.15, 0.2) is 0 Å². The molecule has 2 N–H and O–H groups in total. The van der Waals surface area contributed by atoms with Gasteiger partial charge in [-0.25, -0.2) is 0 Å². The van der Waals surface area contributed by atoms with Crippen molar-refractivity contribution in [2.24, 2.45) is 0 Å². The van der Waals surface area contributed by atoms with Crippen molar-refractivity contribution >= 4 is 8.80 Å². The Bertz CT molecular complexity index is 101. The summed E-state index contributed by atoms with van der Waals surface area (Å²) >= 11 is 0. The summed E-state index contributed by atoms with van der Waals surface area (Å²) in [7, 11) is 4.36. The average Bonchev–Trinajstić information content (AvgIpc) is 2.26. The normalized spacial score (nSPS) is 10.7. The Labute approximate surface area is 87.7 Å². The second-order valence-corrected chi connectivity index (χ2v) is 5.65. The van der Waals surface area contributed by atoms with E-state index >= 15 is 0 Å². The summed E-state index contributed by atoms with van der Waals surface area (Å²) in [6.45, 7) is 2.15. The van der Waals surface area contributed by atoms with Crippen LogP contribution < -0.4 is 5.32 Å². The van der Waals surface area contributed by atoms with Gasteiger partial charge in [-0.15, -0.1) is 0 Å². The van der Waals surface area contributed by atoms with E-state index in [0.29, 0.717) is 0 Å². The molecule has 0 heterocycles. The van der Waals surface area contributed by atoms with Crippen molar-refractivity contribution in [1.29, 1.82) is 0 Å². The van der Waals surface area contributed by atoms with Gasteiger partial charge in [0, 0.05) is 27.4 Å². The van der Waals surface area contributed by atoms with E-state index in [9.17, 15) is 0 Å². The minimum absolute atomic E-state index is 0.0694. The van der Waals surface area contributed by atoms with E-state index in [1.807, 2.05) is 0 Å². The van der Waals surface area contributed by atoms with E-state index in [-0.39, 0.29) is 6.73 Å². The highest BCUT2D eigenvalue weighted by Crippen LogP contribution is 2.13. The van der Waals surface area contributed by atoms with Gasteiger partial charge in [0.2, 0.25) is 0 Å². The third-order valence-corrected chi connectivity index (χ3v) is 4.63. The van der Waals surface area contributed by atoms with Crippen molar-refractivity contribution in [1.82, 2.24) is 5.32 Å². The van der Waals surface area contributed by atoms with Crippen LogP contribution in [-0.2, 0) is 13.3 Å². The van der Waals surface area contributed by atoms with Crippen LogP contribution in [0.2, 0.25) is 6.04 Å². The lowest BCUT2D eigenvalue weighted by molar-refractivity contribution is 0.123. The van der Waals surface area contributed by atoms with Crippen LogP contribution >= 0.6 is 0 Å². The summed E-state index contributed by atoms with van der Waals surface area (Å²) in [5, 5.41) is 10.2. The lowest BCUT2D eigenvalue weighted by atomic mass is 10.6. The number of hydrogen-bond acceptors (Lipinski definition) is 5. The second-order valence-electron chi connectivity index (χ2n) is 2.56. The van der Waals surface area contributed by atoms with Gasteiger partial charge >= 0.3 is 8.80 Å². The van der Waals surface area contributed by atoms with E-state index in [2.05, 4.69) is 12.2 Å². The predicted octanol–water partition coefficient (Wildman–Crippen LogP) is 0.430. The maximum absolute atomic E-state index is 7.76. The number of nitrogens with one attached hydrogen (secondary N) is 1. The minimum atomic E-state index is -2.22. The maximum Gasteiger partial charge on any atom is 0.500 e. The molecule has 0 atom stereocenters. The molecule has 0 aliphatic rings. The van der Waals surface area contributed by atoms with Crippen LogP contribution in [0.25, 0.3) is 0 Å². The molecule has 0 amide bonds. The molecule has 0 aromatic carbocycles. The fourth-order valence-electron chi connectivity index (χ4n) is 0.862. The van der Waals surface area contributed by atoms with Gasteiger partial charge in [0.25, 0.3) is 0 Å². The highest BCUT2D eigenvalue weighted by Gasteiger charge is 2.36. The lowest BCUT2D eigenvalue weighted by Gasteiger charge is -2.23. The highest BCUT2D eigenvalue weighted by molar-refractivity contribution is 6.60. The molecule has 0 aliphatic carbocycles. The van der Waals surface area contributed by atoms with Crippen LogP contribution in [0.1, 0.15) is 13.3 Å². The smallest absolute Gasteiger partial charge is 0.381 e. The Kier molecular flexibility index (Phi) is 13.0. The molecule has 0 aromatic heterocycles. The van der Waals surface area contributed by atoms with E-state index < -0.39 is 8.80 Å². The van der Waals surface area contributed by atoms with Crippen molar-refractivity contribution < 1.29 is 18.4 Å². The molecule has 0 bridgehead atoms. The third-order valence-electron chi connectivity index (χ3n) is 1.65. The number of aliphatic hydroxyl groups is 1. The Morgan fingerprint density at radius 3 is 1.57 bits per heavy atom. The van der Waals surface area contributed by atoms with Gasteiger partial charge < -0.3 is 18.4 Å². The maximum atomic E-state index is 7.76. The standard InChI is InChI=1S/C6H16O3Si.C2H7NO/c1-5-6-10(7-2,8-3)9-4;1-3-2-4/h5-6H2,1-4H3;3-4H,2H2,1H3. The summed E-state index contributed by atoms with van der Waals surface area (Å²) in [5.74, 6) is 0. The van der Waals surface area contributed by atoms with Crippen LogP contribution in [0.15, 0.2) is 0 Å². The van der Waals surface area contributed by atoms with Crippen LogP contribution in [0.3, 0.4) is 0 Å². The SMILES string of the molecule is CCC[Si](OC)(OC)OC.CNCO. The second kappa shape index (κ2) is 11.1. The number of hydrogen-bond donors (Lipinski definition) is 2. The monoisotopic (exact) mass is 225 g/mol. The van der Waals surface area contributed by atoms with Gasteiger partial charge in [-0.3, -0.25) is 5.32 Å². The van der Waals surface area contributed by atoms with Crippen molar-refractivity contribution in [2.45, 2.75) is 19.4 Å². The fourth-order valence-corrected chi connectivity index (χ4v) is 2.59. The molecular weight excluding hydrogens is 202 g/mol. The van der Waals surface area contributed by atoms with Gasteiger partial charge in [-0.2, -0.15) is 0 Å². The molecule has 5 nitrogen and oxygen atoms in total. The third kappa shape index (κ3) is 7.42. The lowest BCUT2D eigenvalue weighted by Crippen LogP contribution is -2.42. The molecule has 0 aromatic rings.